The van der Waals surface area contributed by atoms with Crippen LogP contribution in [-0.2, 0) is 14.8 Å². The van der Waals surface area contributed by atoms with Gasteiger partial charge < -0.3 is 9.72 Å². The fourth-order valence-corrected chi connectivity index (χ4v) is 4.08. The second kappa shape index (κ2) is 6.21. The van der Waals surface area contributed by atoms with E-state index >= 15 is 0 Å². The number of aromatic nitrogens is 2. The minimum absolute atomic E-state index is 0.0810. The van der Waals surface area contributed by atoms with Gasteiger partial charge in [-0.25, -0.2) is 13.2 Å². The molecule has 1 aliphatic heterocycles. The molecule has 8 heteroatoms. The first-order valence-electron chi connectivity index (χ1n) is 7.45. The number of hydrogen-bond acceptors (Lipinski definition) is 4. The summed E-state index contributed by atoms with van der Waals surface area (Å²) in [5.41, 5.74) is 1.25. The topological polar surface area (TPSA) is 93.2 Å². The molecular weight excluding hydrogens is 318 g/mol. The molecule has 7 nitrogen and oxygen atoms in total. The predicted molar refractivity (Wildman–Crippen MR) is 87.5 cm³/mol. The van der Waals surface area contributed by atoms with E-state index in [2.05, 4.69) is 9.71 Å². The number of rotatable bonds is 5. The number of sulfonamides is 1. The second-order valence-electron chi connectivity index (χ2n) is 5.61. The van der Waals surface area contributed by atoms with Crippen molar-refractivity contribution in [3.05, 3.63) is 46.6 Å². The lowest BCUT2D eigenvalue weighted by atomic mass is 10.2. The smallest absolute Gasteiger partial charge is 0.330 e. The van der Waals surface area contributed by atoms with Crippen molar-refractivity contribution in [1.29, 1.82) is 0 Å². The van der Waals surface area contributed by atoms with Gasteiger partial charge in [-0.15, -0.1) is 0 Å². The number of nitrogens with zero attached hydrogens (tertiary/aromatic N) is 1. The highest BCUT2D eigenvalue weighted by Crippen LogP contribution is 2.22. The van der Waals surface area contributed by atoms with Crippen molar-refractivity contribution in [2.75, 3.05) is 17.1 Å². The van der Waals surface area contributed by atoms with Crippen molar-refractivity contribution in [3.8, 4) is 5.69 Å². The van der Waals surface area contributed by atoms with E-state index in [1.807, 2.05) is 0 Å². The Kier molecular flexibility index (Phi) is 4.27. The minimum Gasteiger partial charge on any atom is -0.377 e. The fraction of sp³-hybridized carbons (Fsp3) is 0.400. The van der Waals surface area contributed by atoms with Crippen LogP contribution < -0.4 is 10.4 Å². The van der Waals surface area contributed by atoms with Gasteiger partial charge in [0.2, 0.25) is 10.0 Å². The van der Waals surface area contributed by atoms with Gasteiger partial charge in [-0.05, 0) is 31.9 Å². The molecule has 1 aliphatic rings. The molecule has 1 aromatic heterocycles. The molecule has 1 aromatic carbocycles. The zero-order valence-electron chi connectivity index (χ0n) is 12.8. The van der Waals surface area contributed by atoms with Gasteiger partial charge in [0.15, 0.2) is 0 Å². The molecule has 2 aromatic rings. The van der Waals surface area contributed by atoms with Gasteiger partial charge in [0, 0.05) is 18.5 Å². The molecule has 0 saturated carbocycles. The maximum atomic E-state index is 12.4. The van der Waals surface area contributed by atoms with Gasteiger partial charge in [-0.3, -0.25) is 9.29 Å². The Morgan fingerprint density at radius 3 is 2.83 bits per heavy atom. The van der Waals surface area contributed by atoms with Crippen LogP contribution in [0.25, 0.3) is 5.69 Å². The van der Waals surface area contributed by atoms with Crippen molar-refractivity contribution < 1.29 is 13.2 Å². The average molecular weight is 337 g/mol. The van der Waals surface area contributed by atoms with E-state index in [0.29, 0.717) is 23.7 Å². The largest absolute Gasteiger partial charge is 0.377 e. The third-order valence-corrected chi connectivity index (χ3v) is 5.14. The van der Waals surface area contributed by atoms with Crippen LogP contribution in [0.4, 0.5) is 5.69 Å². The Hall–Kier alpha value is -2.06. The summed E-state index contributed by atoms with van der Waals surface area (Å²) in [5.74, 6) is -0.0810. The number of nitrogens with one attached hydrogen (secondary N) is 2. The molecule has 0 spiro atoms. The molecule has 2 N–H and O–H groups in total. The summed E-state index contributed by atoms with van der Waals surface area (Å²) in [7, 11) is -3.56. The van der Waals surface area contributed by atoms with Crippen LogP contribution in [0.1, 0.15) is 18.5 Å². The third-order valence-electron chi connectivity index (χ3n) is 3.80. The molecule has 0 amide bonds. The first kappa shape index (κ1) is 15.8. The molecule has 2 heterocycles. The van der Waals surface area contributed by atoms with E-state index < -0.39 is 10.0 Å². The van der Waals surface area contributed by atoms with Crippen molar-refractivity contribution in [1.82, 2.24) is 9.55 Å². The number of anilines is 1. The summed E-state index contributed by atoms with van der Waals surface area (Å²) in [6.07, 6.45) is 2.95. The lowest BCUT2D eigenvalue weighted by molar-refractivity contribution is 0.127. The maximum absolute atomic E-state index is 12.4. The summed E-state index contributed by atoms with van der Waals surface area (Å²) < 4.78 is 34.1. The van der Waals surface area contributed by atoms with Crippen molar-refractivity contribution in [3.63, 3.8) is 0 Å². The van der Waals surface area contributed by atoms with Crippen LogP contribution >= 0.6 is 0 Å². The van der Waals surface area contributed by atoms with Crippen molar-refractivity contribution in [2.24, 2.45) is 0 Å². The van der Waals surface area contributed by atoms with Crippen LogP contribution in [0.15, 0.2) is 35.3 Å². The molecule has 0 radical (unpaired) electrons. The number of aromatic amines is 1. The van der Waals surface area contributed by atoms with Crippen LogP contribution in [0.2, 0.25) is 0 Å². The van der Waals surface area contributed by atoms with Gasteiger partial charge in [0.1, 0.15) is 0 Å². The molecule has 0 aliphatic carbocycles. The number of ether oxygens (including phenoxy) is 1. The zero-order chi connectivity index (χ0) is 16.4. The van der Waals surface area contributed by atoms with Crippen LogP contribution in [0, 0.1) is 6.92 Å². The molecule has 0 bridgehead atoms. The van der Waals surface area contributed by atoms with Crippen molar-refractivity contribution >= 4 is 15.7 Å². The summed E-state index contributed by atoms with van der Waals surface area (Å²) >= 11 is 0. The number of H-pyrrole nitrogens is 1. The second-order valence-corrected chi connectivity index (χ2v) is 7.37. The lowest BCUT2D eigenvalue weighted by Gasteiger charge is -2.15. The SMILES string of the molecule is Cc1c[nH]c(=O)n1-c1ccccc1NS(=O)(=O)CC1CCCO1. The standard InChI is InChI=1S/C15H19N3O4S/c1-11-9-16-15(19)18(11)14-7-3-2-6-13(14)17-23(20,21)10-12-5-4-8-22-12/h2-3,6-7,9,12,17H,4-5,8,10H2,1H3,(H,16,19). The quantitative estimate of drug-likeness (QED) is 0.862. The van der Waals surface area contributed by atoms with E-state index in [9.17, 15) is 13.2 Å². The Balaban J connectivity index is 1.90. The first-order valence-corrected chi connectivity index (χ1v) is 9.10. The average Bonchev–Trinajstić information content (AvgIpc) is 3.09. The Morgan fingerprint density at radius 2 is 2.17 bits per heavy atom. The normalized spacial score (nSPS) is 18.2. The summed E-state index contributed by atoms with van der Waals surface area (Å²) in [6.45, 7) is 2.38. The van der Waals surface area contributed by atoms with Crippen LogP contribution in [0.3, 0.4) is 0 Å². The highest BCUT2D eigenvalue weighted by atomic mass is 32.2. The van der Waals surface area contributed by atoms with E-state index in [1.54, 1.807) is 37.4 Å². The summed E-state index contributed by atoms with van der Waals surface area (Å²) in [6, 6.07) is 6.82. The molecule has 1 fully saturated rings. The van der Waals surface area contributed by atoms with E-state index in [0.717, 1.165) is 12.8 Å². The van der Waals surface area contributed by atoms with Gasteiger partial charge in [0.25, 0.3) is 0 Å². The minimum atomic E-state index is -3.56. The number of benzene rings is 1. The molecule has 1 saturated heterocycles. The lowest BCUT2D eigenvalue weighted by Crippen LogP contribution is -2.27. The number of aryl methyl sites for hydroxylation is 1. The fourth-order valence-electron chi connectivity index (χ4n) is 2.74. The van der Waals surface area contributed by atoms with E-state index in [4.69, 9.17) is 4.74 Å². The van der Waals surface area contributed by atoms with E-state index in [1.165, 1.54) is 4.57 Å². The molecule has 124 valence electrons. The van der Waals surface area contributed by atoms with Gasteiger partial charge in [-0.2, -0.15) is 0 Å². The highest BCUT2D eigenvalue weighted by Gasteiger charge is 2.24. The molecule has 3 rings (SSSR count). The maximum Gasteiger partial charge on any atom is 0.330 e. The molecular formula is C15H19N3O4S. The van der Waals surface area contributed by atoms with Crippen molar-refractivity contribution in [2.45, 2.75) is 25.9 Å². The Bertz CT molecular complexity index is 848. The summed E-state index contributed by atoms with van der Waals surface area (Å²) in [5, 5.41) is 0. The van der Waals surface area contributed by atoms with E-state index in [-0.39, 0.29) is 17.5 Å². The third kappa shape index (κ3) is 3.48. The predicted octanol–water partition coefficient (Wildman–Crippen LogP) is 1.39. The zero-order valence-corrected chi connectivity index (χ0v) is 13.6. The number of hydrogen-bond donors (Lipinski definition) is 2. The first-order chi connectivity index (χ1) is 11.0. The molecule has 1 unspecified atom stereocenters. The van der Waals surface area contributed by atoms with Crippen LogP contribution in [0.5, 0.6) is 0 Å². The number of imidazole rings is 1. The van der Waals surface area contributed by atoms with Gasteiger partial charge in [0.05, 0.1) is 23.2 Å². The van der Waals surface area contributed by atoms with Gasteiger partial charge in [-0.1, -0.05) is 12.1 Å². The highest BCUT2D eigenvalue weighted by molar-refractivity contribution is 7.92. The Morgan fingerprint density at radius 1 is 1.39 bits per heavy atom. The van der Waals surface area contributed by atoms with Gasteiger partial charge >= 0.3 is 5.69 Å². The molecule has 1 atom stereocenters. The molecule has 23 heavy (non-hydrogen) atoms. The monoisotopic (exact) mass is 337 g/mol. The summed E-state index contributed by atoms with van der Waals surface area (Å²) in [4.78, 5) is 14.5. The number of para-hydroxylation sites is 2. The Labute approximate surface area is 134 Å². The van der Waals surface area contributed by atoms with Crippen LogP contribution in [-0.4, -0.2) is 36.4 Å².